The average molecular weight is 181 g/mol. The Hall–Kier alpha value is -1.22. The van der Waals surface area contributed by atoms with Crippen molar-refractivity contribution in [2.75, 3.05) is 0 Å². The zero-order valence-electron chi connectivity index (χ0n) is 7.84. The van der Waals surface area contributed by atoms with Gasteiger partial charge in [-0.15, -0.1) is 6.58 Å². The summed E-state index contributed by atoms with van der Waals surface area (Å²) < 4.78 is 0. The van der Waals surface area contributed by atoms with Crippen LogP contribution in [0.25, 0.3) is 0 Å². The van der Waals surface area contributed by atoms with Crippen LogP contribution in [0.1, 0.15) is 19.8 Å². The molecule has 0 saturated heterocycles. The second kappa shape index (κ2) is 5.43. The van der Waals surface area contributed by atoms with Gasteiger partial charge in [-0.25, -0.2) is 0 Å². The van der Waals surface area contributed by atoms with Gasteiger partial charge in [-0.3, -0.25) is 4.79 Å². The van der Waals surface area contributed by atoms with Crippen LogP contribution in [0.2, 0.25) is 0 Å². The predicted octanol–water partition coefficient (Wildman–Crippen LogP) is 1.48. The number of hydrogen-bond acceptors (Lipinski definition) is 3. The third-order valence-electron chi connectivity index (χ3n) is 1.73. The molecule has 0 amide bonds. The number of nitrogens with one attached hydrogen (secondary N) is 1. The maximum atomic E-state index is 10.8. The Morgan fingerprint density at radius 1 is 1.69 bits per heavy atom. The van der Waals surface area contributed by atoms with Crippen LogP contribution >= 0.6 is 0 Å². The zero-order valence-corrected chi connectivity index (χ0v) is 7.84. The van der Waals surface area contributed by atoms with Crippen LogP contribution in [0.15, 0.2) is 24.8 Å². The Kier molecular flexibility index (Phi) is 4.92. The van der Waals surface area contributed by atoms with Crippen molar-refractivity contribution in [2.45, 2.75) is 25.9 Å². The summed E-state index contributed by atoms with van der Waals surface area (Å²) in [5, 5.41) is 16.8. The largest absolute Gasteiger partial charge is 0.382 e. The van der Waals surface area contributed by atoms with E-state index >= 15 is 0 Å². The molecule has 0 bridgehead atoms. The van der Waals surface area contributed by atoms with Crippen LogP contribution < -0.4 is 0 Å². The van der Waals surface area contributed by atoms with Gasteiger partial charge in [0, 0.05) is 11.3 Å². The highest BCUT2D eigenvalue weighted by molar-refractivity contribution is 6.02. The van der Waals surface area contributed by atoms with E-state index in [0.29, 0.717) is 12.8 Å². The molecule has 2 N–H and O–H groups in total. The zero-order chi connectivity index (χ0) is 10.4. The second-order valence-electron chi connectivity index (χ2n) is 2.84. The van der Waals surface area contributed by atoms with E-state index in [9.17, 15) is 9.90 Å². The molecule has 0 aromatic rings. The first-order valence-corrected chi connectivity index (χ1v) is 4.06. The molecular formula is C10H15NO2. The van der Waals surface area contributed by atoms with Gasteiger partial charge in [0.1, 0.15) is 6.10 Å². The standard InChI is InChI=1S/C10H15NO2/c1-4-5-6-9(11)10(13)7(2)8(3)12/h4,10-11,13H,1-2,5-6H2,3H3. The molecule has 3 heteroatoms. The number of carbonyl (C=O) groups is 1. The Morgan fingerprint density at radius 2 is 2.23 bits per heavy atom. The minimum absolute atomic E-state index is 0.0778. The first kappa shape index (κ1) is 11.8. The number of rotatable bonds is 6. The van der Waals surface area contributed by atoms with Crippen molar-refractivity contribution in [3.8, 4) is 0 Å². The van der Waals surface area contributed by atoms with Crippen LogP contribution in [0.4, 0.5) is 0 Å². The van der Waals surface area contributed by atoms with Crippen LogP contribution in [0, 0.1) is 5.41 Å². The maximum Gasteiger partial charge on any atom is 0.158 e. The fourth-order valence-electron chi connectivity index (χ4n) is 0.797. The predicted molar refractivity (Wildman–Crippen MR) is 53.0 cm³/mol. The normalized spacial score (nSPS) is 11.8. The first-order chi connectivity index (χ1) is 6.00. The molecule has 0 aliphatic carbocycles. The third-order valence-corrected chi connectivity index (χ3v) is 1.73. The fourth-order valence-corrected chi connectivity index (χ4v) is 0.797. The molecule has 3 nitrogen and oxygen atoms in total. The number of allylic oxidation sites excluding steroid dienone is 1. The summed E-state index contributed by atoms with van der Waals surface area (Å²) in [5.74, 6) is -0.282. The van der Waals surface area contributed by atoms with Crippen molar-refractivity contribution >= 4 is 11.5 Å². The van der Waals surface area contributed by atoms with Crippen molar-refractivity contribution in [3.63, 3.8) is 0 Å². The molecule has 0 radical (unpaired) electrons. The average Bonchev–Trinajstić information content (AvgIpc) is 2.11. The van der Waals surface area contributed by atoms with Gasteiger partial charge in [0.2, 0.25) is 0 Å². The van der Waals surface area contributed by atoms with E-state index in [2.05, 4.69) is 13.2 Å². The lowest BCUT2D eigenvalue weighted by Crippen LogP contribution is -2.24. The van der Waals surface area contributed by atoms with Gasteiger partial charge in [0.15, 0.2) is 5.78 Å². The molecule has 0 aliphatic heterocycles. The molecular weight excluding hydrogens is 166 g/mol. The topological polar surface area (TPSA) is 61.1 Å². The molecule has 0 aromatic heterocycles. The second-order valence-corrected chi connectivity index (χ2v) is 2.84. The Balaban J connectivity index is 4.17. The molecule has 1 unspecified atom stereocenters. The van der Waals surface area contributed by atoms with Crippen molar-refractivity contribution in [1.82, 2.24) is 0 Å². The molecule has 13 heavy (non-hydrogen) atoms. The number of aliphatic hydroxyl groups excluding tert-OH is 1. The van der Waals surface area contributed by atoms with Crippen LogP contribution in [-0.2, 0) is 4.79 Å². The van der Waals surface area contributed by atoms with Crippen molar-refractivity contribution in [2.24, 2.45) is 0 Å². The number of hydrogen-bond donors (Lipinski definition) is 2. The van der Waals surface area contributed by atoms with E-state index in [4.69, 9.17) is 5.41 Å². The highest BCUT2D eigenvalue weighted by atomic mass is 16.3. The molecule has 0 saturated carbocycles. The number of carbonyl (C=O) groups excluding carboxylic acids is 1. The van der Waals surface area contributed by atoms with Crippen molar-refractivity contribution in [1.29, 1.82) is 5.41 Å². The van der Waals surface area contributed by atoms with Gasteiger partial charge in [-0.05, 0) is 19.8 Å². The maximum absolute atomic E-state index is 10.8. The molecule has 0 heterocycles. The molecule has 0 aromatic carbocycles. The fraction of sp³-hybridized carbons (Fsp3) is 0.400. The lowest BCUT2D eigenvalue weighted by molar-refractivity contribution is -0.114. The molecule has 72 valence electrons. The number of aliphatic hydroxyl groups is 1. The Morgan fingerprint density at radius 3 is 2.62 bits per heavy atom. The van der Waals surface area contributed by atoms with E-state index in [0.717, 1.165) is 0 Å². The summed E-state index contributed by atoms with van der Waals surface area (Å²) in [6.07, 6.45) is 1.58. The third kappa shape index (κ3) is 3.80. The highest BCUT2D eigenvalue weighted by Crippen LogP contribution is 2.06. The molecule has 1 atom stereocenters. The van der Waals surface area contributed by atoms with Crippen LogP contribution in [-0.4, -0.2) is 22.7 Å². The summed E-state index contributed by atoms with van der Waals surface area (Å²) in [5.41, 5.74) is 0.189. The van der Waals surface area contributed by atoms with Gasteiger partial charge in [-0.1, -0.05) is 12.7 Å². The quantitative estimate of drug-likeness (QED) is 0.370. The Bertz CT molecular complexity index is 243. The van der Waals surface area contributed by atoms with E-state index in [-0.39, 0.29) is 17.1 Å². The van der Waals surface area contributed by atoms with Gasteiger partial charge < -0.3 is 10.5 Å². The van der Waals surface area contributed by atoms with Crippen LogP contribution in [0.5, 0.6) is 0 Å². The first-order valence-electron chi connectivity index (χ1n) is 4.06. The van der Waals surface area contributed by atoms with Gasteiger partial charge in [0.05, 0.1) is 0 Å². The minimum Gasteiger partial charge on any atom is -0.382 e. The van der Waals surface area contributed by atoms with E-state index in [1.807, 2.05) is 0 Å². The number of Topliss-reactive ketones (excluding diaryl/α,β-unsaturated/α-hetero) is 1. The minimum atomic E-state index is -1.13. The smallest absolute Gasteiger partial charge is 0.158 e. The van der Waals surface area contributed by atoms with Gasteiger partial charge in [0.25, 0.3) is 0 Å². The molecule has 0 spiro atoms. The lowest BCUT2D eigenvalue weighted by Gasteiger charge is -2.11. The van der Waals surface area contributed by atoms with Gasteiger partial charge >= 0.3 is 0 Å². The monoisotopic (exact) mass is 181 g/mol. The number of ketones is 1. The molecule has 0 rings (SSSR count). The summed E-state index contributed by atoms with van der Waals surface area (Å²) in [6.45, 7) is 8.25. The van der Waals surface area contributed by atoms with Crippen LogP contribution in [0.3, 0.4) is 0 Å². The van der Waals surface area contributed by atoms with E-state index < -0.39 is 6.10 Å². The summed E-state index contributed by atoms with van der Waals surface area (Å²) >= 11 is 0. The summed E-state index contributed by atoms with van der Waals surface area (Å²) in [7, 11) is 0. The van der Waals surface area contributed by atoms with E-state index in [1.54, 1.807) is 6.08 Å². The van der Waals surface area contributed by atoms with E-state index in [1.165, 1.54) is 6.92 Å². The lowest BCUT2D eigenvalue weighted by atomic mass is 10.0. The highest BCUT2D eigenvalue weighted by Gasteiger charge is 2.16. The SMILES string of the molecule is C=CCCC(=N)C(O)C(=C)C(C)=O. The van der Waals surface area contributed by atoms with Crippen molar-refractivity contribution in [3.05, 3.63) is 24.8 Å². The summed E-state index contributed by atoms with van der Waals surface area (Å²) in [6, 6.07) is 0. The molecule has 0 fully saturated rings. The van der Waals surface area contributed by atoms with Crippen molar-refractivity contribution < 1.29 is 9.90 Å². The van der Waals surface area contributed by atoms with Gasteiger partial charge in [-0.2, -0.15) is 0 Å². The Labute approximate surface area is 78.3 Å². The summed E-state index contributed by atoms with van der Waals surface area (Å²) in [4.78, 5) is 10.8. The molecule has 0 aliphatic rings.